The van der Waals surface area contributed by atoms with Crippen LogP contribution in [-0.4, -0.2) is 48.3 Å². The van der Waals surface area contributed by atoms with Gasteiger partial charge in [-0.05, 0) is 11.6 Å². The Morgan fingerprint density at radius 1 is 1.58 bits per heavy atom. The minimum Gasteiger partial charge on any atom is -0.390 e. The van der Waals surface area contributed by atoms with Crippen LogP contribution in [0.1, 0.15) is 12.6 Å². The van der Waals surface area contributed by atoms with Gasteiger partial charge in [-0.1, -0.05) is 4.62 Å². The molecule has 0 aliphatic carbocycles. The van der Waals surface area contributed by atoms with Crippen molar-refractivity contribution in [3.05, 3.63) is 11.6 Å². The molecule has 0 saturated carbocycles. The number of halogens is 1. The molecule has 24 heavy (non-hydrogen) atoms. The lowest BCUT2D eigenvalue weighted by Crippen LogP contribution is -2.47. The Bertz CT molecular complexity index is 803. The van der Waals surface area contributed by atoms with Crippen LogP contribution in [0.25, 0.3) is 11.2 Å². The van der Waals surface area contributed by atoms with Gasteiger partial charge in [0.1, 0.15) is 17.8 Å². The largest absolute Gasteiger partial charge is 0.518 e. The van der Waals surface area contributed by atoms with Crippen molar-refractivity contribution in [2.75, 3.05) is 12.3 Å². The number of phosphoric acid groups is 1. The van der Waals surface area contributed by atoms with Crippen LogP contribution in [0.4, 0.5) is 5.82 Å². The number of anilines is 1. The molecule has 4 atom stereocenters. The maximum atomic E-state index is 11.3. The molecule has 1 unspecified atom stereocenters. The molecule has 3 rings (SSSR count). The second-order valence-corrected chi connectivity index (χ2v) is 6.82. The molecule has 0 spiro atoms. The van der Waals surface area contributed by atoms with E-state index in [0.29, 0.717) is 11.2 Å². The van der Waals surface area contributed by atoms with Crippen LogP contribution in [0.15, 0.2) is 6.33 Å². The highest BCUT2D eigenvalue weighted by Crippen LogP contribution is 2.41. The molecule has 2 aromatic heterocycles. The van der Waals surface area contributed by atoms with Gasteiger partial charge in [0.25, 0.3) is 0 Å². The summed E-state index contributed by atoms with van der Waals surface area (Å²) in [6.45, 7) is -0.356. The van der Waals surface area contributed by atoms with Gasteiger partial charge >= 0.3 is 7.82 Å². The first kappa shape index (κ1) is 17.5. The van der Waals surface area contributed by atoms with Crippen molar-refractivity contribution in [3.63, 3.8) is 0 Å². The van der Waals surface area contributed by atoms with Gasteiger partial charge in [0.15, 0.2) is 11.5 Å². The number of nitrogens with two attached hydrogens (primary N) is 1. The second-order valence-electron chi connectivity index (χ2n) is 5.03. The fraction of sp³-hybridized carbons (Fsp3) is 0.500. The minimum atomic E-state index is -4.26. The number of aliphatic hydroxyl groups excluding tert-OH is 1. The number of phosphoric ester groups is 1. The van der Waals surface area contributed by atoms with Gasteiger partial charge in [-0.3, -0.25) is 14.0 Å². The van der Waals surface area contributed by atoms with E-state index >= 15 is 0 Å². The third-order valence-corrected chi connectivity index (χ3v) is 4.47. The number of ether oxygens (including phenoxy) is 1. The number of aromatic nitrogens is 4. The number of quaternary nitrogens is 1. The van der Waals surface area contributed by atoms with Gasteiger partial charge < -0.3 is 15.6 Å². The lowest BCUT2D eigenvalue weighted by molar-refractivity contribution is -0.643. The molecular formula is C10H15ClN6O6P+. The van der Waals surface area contributed by atoms with Crippen molar-refractivity contribution in [2.45, 2.75) is 24.9 Å². The molecule has 7 N–H and O–H groups in total. The normalized spacial score (nSPS) is 26.8. The highest BCUT2D eigenvalue weighted by molar-refractivity contribution is 7.47. The first-order valence-electron chi connectivity index (χ1n) is 6.71. The van der Waals surface area contributed by atoms with Crippen LogP contribution in [0.5, 0.6) is 0 Å². The van der Waals surface area contributed by atoms with Crippen LogP contribution >= 0.6 is 19.4 Å². The lowest BCUT2D eigenvalue weighted by Gasteiger charge is -2.16. The van der Waals surface area contributed by atoms with Crippen molar-refractivity contribution in [1.82, 2.24) is 19.5 Å². The number of nitrogen functional groups attached to an aromatic ring is 1. The van der Waals surface area contributed by atoms with Crippen molar-refractivity contribution < 1.29 is 34.3 Å². The zero-order chi connectivity index (χ0) is 17.5. The van der Waals surface area contributed by atoms with Crippen molar-refractivity contribution in [1.29, 1.82) is 0 Å². The number of nitrogens with zero attached hydrogens (tertiary/aromatic N) is 4. The molecule has 132 valence electrons. The molecule has 1 saturated heterocycles. The van der Waals surface area contributed by atoms with E-state index in [0.717, 1.165) is 0 Å². The Hall–Kier alpha value is -1.37. The fourth-order valence-electron chi connectivity index (χ4n) is 2.36. The third-order valence-electron chi connectivity index (χ3n) is 3.50. The minimum absolute atomic E-state index is 0.0472. The average Bonchev–Trinajstić information content (AvgIpc) is 3.09. The van der Waals surface area contributed by atoms with Crippen LogP contribution in [0.2, 0.25) is 5.28 Å². The van der Waals surface area contributed by atoms with Crippen LogP contribution in [0.3, 0.4) is 0 Å². The van der Waals surface area contributed by atoms with E-state index in [2.05, 4.69) is 30.0 Å². The first-order valence-corrected chi connectivity index (χ1v) is 8.58. The monoisotopic (exact) mass is 381 g/mol. The Labute approximate surface area is 139 Å². The summed E-state index contributed by atoms with van der Waals surface area (Å²) in [5.41, 5.74) is 6.43. The molecule has 1 aliphatic rings. The standard InChI is InChI=1S/C10H14ClN6O6P/c11-10-15-8(12)7-9(16-10)17(3-14-7)6-1-4(18)5(22-6)2-21-24(19,20)23-13/h3-6,18H,1-2H2,13H3,(H2-,12,15,16,19,20)/p+1/t4-,5+,6+/m0/s1. The Kier molecular flexibility index (Phi) is 4.73. The van der Waals surface area contributed by atoms with Crippen molar-refractivity contribution >= 4 is 36.4 Å². The summed E-state index contributed by atoms with van der Waals surface area (Å²) < 4.78 is 27.2. The van der Waals surface area contributed by atoms with Crippen LogP contribution < -0.4 is 11.6 Å². The molecule has 0 bridgehead atoms. The summed E-state index contributed by atoms with van der Waals surface area (Å²) in [7, 11) is -4.26. The summed E-state index contributed by atoms with van der Waals surface area (Å²) in [5, 5.41) is 10.0. The number of fused-ring (bicyclic) bond motifs is 1. The summed E-state index contributed by atoms with van der Waals surface area (Å²) in [6, 6.07) is 0. The number of rotatable bonds is 5. The molecule has 0 aromatic carbocycles. The van der Waals surface area contributed by atoms with Gasteiger partial charge in [-0.2, -0.15) is 9.97 Å². The first-order chi connectivity index (χ1) is 11.3. The SMILES string of the molecule is Nc1nc(Cl)nc2c1ncn2[C@H]1C[C@H](O)[C@@H](COP(=O)(O)O[NH3+])O1. The predicted octanol–water partition coefficient (Wildman–Crippen LogP) is -0.999. The van der Waals surface area contributed by atoms with E-state index in [1.807, 2.05) is 0 Å². The Balaban J connectivity index is 1.79. The molecule has 1 fully saturated rings. The summed E-state index contributed by atoms with van der Waals surface area (Å²) in [4.78, 5) is 21.1. The predicted molar refractivity (Wildman–Crippen MR) is 79.0 cm³/mol. The van der Waals surface area contributed by atoms with Crippen molar-refractivity contribution in [2.24, 2.45) is 0 Å². The number of imidazole rings is 1. The maximum Gasteiger partial charge on any atom is 0.518 e. The zero-order valence-electron chi connectivity index (χ0n) is 12.1. The van der Waals surface area contributed by atoms with E-state index in [-0.39, 0.29) is 24.1 Å². The molecule has 14 heteroatoms. The second kappa shape index (κ2) is 6.50. The Morgan fingerprint density at radius 2 is 2.33 bits per heavy atom. The van der Waals surface area contributed by atoms with Gasteiger partial charge in [0, 0.05) is 6.42 Å². The highest BCUT2D eigenvalue weighted by Gasteiger charge is 2.38. The fourth-order valence-corrected chi connectivity index (χ4v) is 2.94. The lowest BCUT2D eigenvalue weighted by atomic mass is 10.2. The number of aliphatic hydroxyl groups is 1. The zero-order valence-corrected chi connectivity index (χ0v) is 13.8. The molecule has 12 nitrogen and oxygen atoms in total. The summed E-state index contributed by atoms with van der Waals surface area (Å²) in [5.74, 6) is 2.96. The van der Waals surface area contributed by atoms with Gasteiger partial charge in [0.2, 0.25) is 5.28 Å². The van der Waals surface area contributed by atoms with Gasteiger partial charge in [-0.25, -0.2) is 15.4 Å². The summed E-state index contributed by atoms with van der Waals surface area (Å²) >= 11 is 5.80. The molecule has 0 amide bonds. The number of hydrogen-bond donors (Lipinski definition) is 4. The summed E-state index contributed by atoms with van der Waals surface area (Å²) in [6.07, 6.45) is -0.808. The van der Waals surface area contributed by atoms with Gasteiger partial charge in [-0.15, -0.1) is 0 Å². The van der Waals surface area contributed by atoms with E-state index < -0.39 is 26.3 Å². The Morgan fingerprint density at radius 3 is 3.04 bits per heavy atom. The smallest absolute Gasteiger partial charge is 0.390 e. The topological polar surface area (TPSA) is 182 Å². The molecule has 1 aliphatic heterocycles. The van der Waals surface area contributed by atoms with Crippen molar-refractivity contribution in [3.8, 4) is 0 Å². The average molecular weight is 382 g/mol. The highest BCUT2D eigenvalue weighted by atomic mass is 35.5. The van der Waals surface area contributed by atoms with E-state index in [4.69, 9.17) is 22.1 Å². The van der Waals surface area contributed by atoms with Crippen LogP contribution in [0, 0.1) is 0 Å². The van der Waals surface area contributed by atoms with E-state index in [1.165, 1.54) is 6.33 Å². The molecule has 0 radical (unpaired) electrons. The molecular weight excluding hydrogens is 367 g/mol. The van der Waals surface area contributed by atoms with E-state index in [9.17, 15) is 14.6 Å². The maximum absolute atomic E-state index is 11.3. The molecule has 2 aromatic rings. The quantitative estimate of drug-likeness (QED) is 0.284. The molecule has 3 heterocycles. The van der Waals surface area contributed by atoms with Gasteiger partial charge in [0.05, 0.1) is 19.0 Å². The van der Waals surface area contributed by atoms with Crippen LogP contribution in [-0.2, 0) is 18.5 Å². The number of hydrogen-bond acceptors (Lipinski definition) is 9. The van der Waals surface area contributed by atoms with E-state index in [1.54, 1.807) is 4.57 Å². The third kappa shape index (κ3) is 3.36.